The summed E-state index contributed by atoms with van der Waals surface area (Å²) in [5.41, 5.74) is 2.47. The van der Waals surface area contributed by atoms with Crippen LogP contribution in [0.1, 0.15) is 125 Å². The maximum absolute atomic E-state index is 10.3. The van der Waals surface area contributed by atoms with Gasteiger partial charge in [-0.1, -0.05) is 170 Å². The molecular formula is C32H51BaLiO2. The Morgan fingerprint density at radius 2 is 0.917 bits per heavy atom. The molecule has 0 fully saturated rings. The molecule has 1 N–H and O–H groups in total. The minimum Gasteiger partial charge on any atom is -1.00 e. The van der Waals surface area contributed by atoms with Gasteiger partial charge in [-0.3, -0.25) is 4.79 Å². The molecule has 2 aromatic carbocycles. The summed E-state index contributed by atoms with van der Waals surface area (Å²) in [6.07, 6.45) is 24.4. The number of rotatable bonds is 18. The van der Waals surface area contributed by atoms with Crippen molar-refractivity contribution in [2.24, 2.45) is 0 Å². The summed E-state index contributed by atoms with van der Waals surface area (Å²) in [6, 6.07) is 20.6. The molecule has 0 saturated carbocycles. The molecule has 36 heavy (non-hydrogen) atoms. The number of carboxylic acid groups (broad SMARTS) is 1. The van der Waals surface area contributed by atoms with Crippen LogP contribution < -0.4 is 18.9 Å². The first-order valence-electron chi connectivity index (χ1n) is 13.7. The SMILES string of the molecule is C(=C\c1ccccc1)/c1ccccc1.CCCCCCCCCCCCCCCCCC(=O)O.[Ba+2].[H-].[H-].[H-].[Li+]. The van der Waals surface area contributed by atoms with E-state index in [2.05, 4.69) is 43.3 Å². The Balaban J connectivity index is -0.000000181. The van der Waals surface area contributed by atoms with Crippen molar-refractivity contribution in [3.05, 3.63) is 71.8 Å². The Morgan fingerprint density at radius 3 is 1.22 bits per heavy atom. The van der Waals surface area contributed by atoms with Crippen LogP contribution in [0.5, 0.6) is 0 Å². The molecule has 0 spiro atoms. The fourth-order valence-electron chi connectivity index (χ4n) is 3.97. The number of carboxylic acids is 1. The molecule has 0 aliphatic rings. The summed E-state index contributed by atoms with van der Waals surface area (Å²) >= 11 is 0. The second kappa shape index (κ2) is 29.4. The van der Waals surface area contributed by atoms with Gasteiger partial charge < -0.3 is 9.39 Å². The summed E-state index contributed by atoms with van der Waals surface area (Å²) in [6.45, 7) is 2.27. The number of unbranched alkanes of at least 4 members (excludes halogenated alkanes) is 14. The van der Waals surface area contributed by atoms with Crippen molar-refractivity contribution in [3.63, 3.8) is 0 Å². The summed E-state index contributed by atoms with van der Waals surface area (Å²) in [4.78, 5) is 10.3. The number of carbonyl (C=O) groups is 1. The predicted octanol–water partition coefficient (Wildman–Crippen LogP) is 7.15. The predicted molar refractivity (Wildman–Crippen MR) is 158 cm³/mol. The van der Waals surface area contributed by atoms with Gasteiger partial charge in [0.15, 0.2) is 0 Å². The van der Waals surface area contributed by atoms with E-state index in [9.17, 15) is 4.79 Å². The van der Waals surface area contributed by atoms with E-state index in [0.717, 1.165) is 12.8 Å². The average Bonchev–Trinajstić information content (AvgIpc) is 2.86. The van der Waals surface area contributed by atoms with E-state index in [1.807, 2.05) is 36.4 Å². The Bertz CT molecular complexity index is 708. The Kier molecular flexibility index (Phi) is 31.0. The number of aliphatic carboxylic acids is 1. The van der Waals surface area contributed by atoms with Gasteiger partial charge in [-0.25, -0.2) is 0 Å². The standard InChI is InChI=1S/C18H36O2.C14H12.Ba.Li.3H/c1-2-3-4-5-6-7-8-9-10-11-12-13-14-15-16-17-18(19)20;1-3-7-13(8-4-1)11-12-14-9-5-2-6-10-14;;;;;/h2-17H2,1H3,(H,19,20);1-12H;;;;;/q;;+2;+1;3*-1/b;12-11+;;;;;. The van der Waals surface area contributed by atoms with Crippen molar-refractivity contribution in [1.29, 1.82) is 0 Å². The zero-order valence-electron chi connectivity index (χ0n) is 26.3. The molecule has 0 saturated heterocycles. The van der Waals surface area contributed by atoms with Gasteiger partial charge in [-0.15, -0.1) is 0 Å². The van der Waals surface area contributed by atoms with E-state index in [1.165, 1.54) is 94.6 Å². The second-order valence-corrected chi connectivity index (χ2v) is 9.25. The van der Waals surface area contributed by atoms with Crippen LogP contribution in [0.2, 0.25) is 0 Å². The zero-order valence-corrected chi connectivity index (χ0v) is 27.7. The molecule has 2 nitrogen and oxygen atoms in total. The largest absolute Gasteiger partial charge is 2.00 e. The van der Waals surface area contributed by atoms with Crippen molar-refractivity contribution in [1.82, 2.24) is 0 Å². The van der Waals surface area contributed by atoms with E-state index in [4.69, 9.17) is 5.11 Å². The van der Waals surface area contributed by atoms with Gasteiger partial charge in [0.25, 0.3) is 0 Å². The van der Waals surface area contributed by atoms with E-state index >= 15 is 0 Å². The Morgan fingerprint density at radius 1 is 0.611 bits per heavy atom. The molecule has 0 heterocycles. The smallest absolute Gasteiger partial charge is 1.00 e. The molecule has 0 amide bonds. The van der Waals surface area contributed by atoms with Gasteiger partial charge in [0, 0.05) is 6.42 Å². The molecule has 194 valence electrons. The topological polar surface area (TPSA) is 37.3 Å². The minimum atomic E-state index is -0.653. The Hall–Kier alpha value is -0.181. The Labute approximate surface area is 278 Å². The molecule has 0 radical (unpaired) electrons. The maximum atomic E-state index is 10.3. The normalized spacial score (nSPS) is 10.1. The molecule has 2 aromatic rings. The molecule has 0 aliphatic heterocycles. The molecule has 0 bridgehead atoms. The third kappa shape index (κ3) is 25.5. The van der Waals surface area contributed by atoms with Crippen LogP contribution in [0.25, 0.3) is 12.2 Å². The van der Waals surface area contributed by atoms with Crippen LogP contribution in [0, 0.1) is 0 Å². The van der Waals surface area contributed by atoms with Crippen molar-refractivity contribution in [2.75, 3.05) is 0 Å². The molecule has 0 unspecified atom stereocenters. The summed E-state index contributed by atoms with van der Waals surface area (Å²) < 4.78 is 0. The van der Waals surface area contributed by atoms with Gasteiger partial charge >= 0.3 is 73.7 Å². The van der Waals surface area contributed by atoms with Crippen molar-refractivity contribution < 1.29 is 33.0 Å². The third-order valence-electron chi connectivity index (χ3n) is 6.06. The molecule has 2 rings (SSSR count). The van der Waals surface area contributed by atoms with Gasteiger partial charge in [-0.2, -0.15) is 0 Å². The molecule has 4 heteroatoms. The molecule has 0 aromatic heterocycles. The van der Waals surface area contributed by atoms with E-state index in [1.54, 1.807) is 0 Å². The third-order valence-corrected chi connectivity index (χ3v) is 6.06. The van der Waals surface area contributed by atoms with Crippen LogP contribution >= 0.6 is 0 Å². The monoisotopic (exact) mass is 612 g/mol. The van der Waals surface area contributed by atoms with Gasteiger partial charge in [0.05, 0.1) is 0 Å². The van der Waals surface area contributed by atoms with Crippen LogP contribution in [0.4, 0.5) is 0 Å². The summed E-state index contributed by atoms with van der Waals surface area (Å²) in [5, 5.41) is 8.52. The zero-order chi connectivity index (χ0) is 24.5. The van der Waals surface area contributed by atoms with Gasteiger partial charge in [0.2, 0.25) is 0 Å². The fraction of sp³-hybridized carbons (Fsp3) is 0.531. The van der Waals surface area contributed by atoms with Crippen molar-refractivity contribution >= 4 is 67.0 Å². The summed E-state index contributed by atoms with van der Waals surface area (Å²) in [7, 11) is 0. The fourth-order valence-corrected chi connectivity index (χ4v) is 3.97. The first-order valence-corrected chi connectivity index (χ1v) is 13.7. The van der Waals surface area contributed by atoms with Crippen LogP contribution in [-0.4, -0.2) is 60.0 Å². The average molecular weight is 612 g/mol. The van der Waals surface area contributed by atoms with Crippen LogP contribution in [0.3, 0.4) is 0 Å². The van der Waals surface area contributed by atoms with Crippen LogP contribution in [-0.2, 0) is 4.79 Å². The van der Waals surface area contributed by atoms with E-state index in [0.29, 0.717) is 6.42 Å². The van der Waals surface area contributed by atoms with Gasteiger partial charge in [-0.05, 0) is 17.5 Å². The summed E-state index contributed by atoms with van der Waals surface area (Å²) in [5.74, 6) is -0.653. The van der Waals surface area contributed by atoms with Crippen molar-refractivity contribution in [2.45, 2.75) is 110 Å². The van der Waals surface area contributed by atoms with Gasteiger partial charge in [0.1, 0.15) is 0 Å². The molecule has 0 aliphatic carbocycles. The van der Waals surface area contributed by atoms with E-state index < -0.39 is 5.97 Å². The second-order valence-electron chi connectivity index (χ2n) is 9.25. The van der Waals surface area contributed by atoms with Crippen molar-refractivity contribution in [3.8, 4) is 0 Å². The quantitative estimate of drug-likeness (QED) is 0.110. The number of benzene rings is 2. The first kappa shape index (κ1) is 38.0. The molecular weight excluding hydrogens is 561 g/mol. The van der Waals surface area contributed by atoms with Crippen LogP contribution in [0.15, 0.2) is 60.7 Å². The first-order chi connectivity index (χ1) is 16.7. The molecule has 0 atom stereocenters. The number of hydrogen-bond acceptors (Lipinski definition) is 1. The number of hydrogen-bond donors (Lipinski definition) is 1. The minimum absolute atomic E-state index is 0. The maximum Gasteiger partial charge on any atom is 2.00 e. The van der Waals surface area contributed by atoms with E-state index in [-0.39, 0.29) is 72.0 Å².